The topological polar surface area (TPSA) is 62.3 Å². The lowest BCUT2D eigenvalue weighted by molar-refractivity contribution is -0.117. The Kier molecular flexibility index (Phi) is 6.15. The van der Waals surface area contributed by atoms with Gasteiger partial charge >= 0.3 is 0 Å². The van der Waals surface area contributed by atoms with Gasteiger partial charge in [0.2, 0.25) is 5.91 Å². The highest BCUT2D eigenvalue weighted by molar-refractivity contribution is 6.09. The average molecular weight is 462 g/mol. The zero-order valence-corrected chi connectivity index (χ0v) is 19.9. The second-order valence-corrected chi connectivity index (χ2v) is 9.01. The normalized spacial score (nSPS) is 12.3. The van der Waals surface area contributed by atoms with Gasteiger partial charge in [0, 0.05) is 35.4 Å². The van der Waals surface area contributed by atoms with Crippen LogP contribution in [-0.4, -0.2) is 23.3 Å². The number of nitrogens with one attached hydrogen (secondary N) is 1. The van der Waals surface area contributed by atoms with Gasteiger partial charge in [0.05, 0.1) is 6.42 Å². The summed E-state index contributed by atoms with van der Waals surface area (Å²) in [5, 5.41) is 3.07. The molecule has 0 saturated heterocycles. The standard InChI is InChI=1S/C30H27N3O2/c1-20-6-9-22(10-7-20)26-12-8-21(2)17-27(26)30(35)32-25-11-13-28-23(18-25)14-16-33(28)29(34)19-24-5-3-4-15-31-24/h3-13,15,17-18H,14,16,19H2,1-2H3,(H,32,35). The SMILES string of the molecule is Cc1ccc(-c2ccc(C)cc2C(=O)Nc2ccc3c(c2)CCN3C(=O)Cc2ccccn2)cc1. The van der Waals surface area contributed by atoms with E-state index in [2.05, 4.69) is 22.4 Å². The molecule has 4 aromatic rings. The number of pyridine rings is 1. The average Bonchev–Trinajstić information content (AvgIpc) is 3.29. The quantitative estimate of drug-likeness (QED) is 0.412. The fraction of sp³-hybridized carbons (Fsp3) is 0.167. The maximum atomic E-state index is 13.3. The predicted octanol–water partition coefficient (Wildman–Crippen LogP) is 5.75. The van der Waals surface area contributed by atoms with E-state index in [1.165, 1.54) is 5.56 Å². The molecule has 0 aliphatic carbocycles. The molecular weight excluding hydrogens is 434 g/mol. The fourth-order valence-corrected chi connectivity index (χ4v) is 4.52. The monoisotopic (exact) mass is 461 g/mol. The first-order valence-corrected chi connectivity index (χ1v) is 11.8. The molecule has 1 aliphatic heterocycles. The molecule has 5 rings (SSSR count). The van der Waals surface area contributed by atoms with Crippen LogP contribution in [0.2, 0.25) is 0 Å². The molecule has 5 nitrogen and oxygen atoms in total. The lowest BCUT2D eigenvalue weighted by Gasteiger charge is -2.18. The van der Waals surface area contributed by atoms with E-state index in [1.54, 1.807) is 6.20 Å². The first kappa shape index (κ1) is 22.5. The Labute approximate surface area is 205 Å². The Bertz CT molecular complexity index is 1400. The summed E-state index contributed by atoms with van der Waals surface area (Å²) < 4.78 is 0. The Morgan fingerprint density at radius 2 is 1.71 bits per heavy atom. The molecule has 0 unspecified atom stereocenters. The van der Waals surface area contributed by atoms with Crippen molar-refractivity contribution in [2.45, 2.75) is 26.7 Å². The molecule has 0 atom stereocenters. The zero-order valence-electron chi connectivity index (χ0n) is 19.9. The third-order valence-corrected chi connectivity index (χ3v) is 6.37. The summed E-state index contributed by atoms with van der Waals surface area (Å²) in [4.78, 5) is 32.3. The van der Waals surface area contributed by atoms with Crippen LogP contribution in [0.1, 0.15) is 32.7 Å². The number of nitrogens with zero attached hydrogens (tertiary/aromatic N) is 2. The number of carbonyl (C=O) groups is 2. The molecule has 2 heterocycles. The van der Waals surface area contributed by atoms with Crippen LogP contribution >= 0.6 is 0 Å². The van der Waals surface area contributed by atoms with Crippen molar-refractivity contribution in [2.75, 3.05) is 16.8 Å². The highest BCUT2D eigenvalue weighted by Crippen LogP contribution is 2.32. The molecule has 2 amide bonds. The molecule has 1 aromatic heterocycles. The molecule has 1 N–H and O–H groups in total. The molecule has 0 spiro atoms. The highest BCUT2D eigenvalue weighted by atomic mass is 16.2. The van der Waals surface area contributed by atoms with Crippen LogP contribution in [0.3, 0.4) is 0 Å². The summed E-state index contributed by atoms with van der Waals surface area (Å²) in [5.74, 6) is -0.118. The number of benzene rings is 3. The van der Waals surface area contributed by atoms with E-state index in [4.69, 9.17) is 0 Å². The fourth-order valence-electron chi connectivity index (χ4n) is 4.52. The van der Waals surface area contributed by atoms with Gasteiger partial charge in [0.1, 0.15) is 0 Å². The van der Waals surface area contributed by atoms with E-state index in [1.807, 2.05) is 85.5 Å². The van der Waals surface area contributed by atoms with Crippen LogP contribution in [0, 0.1) is 13.8 Å². The molecule has 0 fully saturated rings. The molecule has 35 heavy (non-hydrogen) atoms. The number of anilines is 2. The van der Waals surface area contributed by atoms with Crippen molar-refractivity contribution < 1.29 is 9.59 Å². The van der Waals surface area contributed by atoms with E-state index >= 15 is 0 Å². The highest BCUT2D eigenvalue weighted by Gasteiger charge is 2.25. The number of fused-ring (bicyclic) bond motifs is 1. The molecule has 174 valence electrons. The molecule has 0 saturated carbocycles. The lowest BCUT2D eigenvalue weighted by atomic mass is 9.96. The third-order valence-electron chi connectivity index (χ3n) is 6.37. The van der Waals surface area contributed by atoms with Gasteiger partial charge < -0.3 is 10.2 Å². The zero-order chi connectivity index (χ0) is 24.4. The summed E-state index contributed by atoms with van der Waals surface area (Å²) in [6.45, 7) is 4.67. The summed E-state index contributed by atoms with van der Waals surface area (Å²) in [6, 6.07) is 25.5. The predicted molar refractivity (Wildman–Crippen MR) is 140 cm³/mol. The third kappa shape index (κ3) is 4.85. The molecule has 3 aromatic carbocycles. The van der Waals surface area contributed by atoms with Gasteiger partial charge in [-0.15, -0.1) is 0 Å². The van der Waals surface area contributed by atoms with Gasteiger partial charge in [-0.05, 0) is 73.4 Å². The van der Waals surface area contributed by atoms with Crippen molar-refractivity contribution in [2.24, 2.45) is 0 Å². The van der Waals surface area contributed by atoms with Gasteiger partial charge in [0.15, 0.2) is 0 Å². The smallest absolute Gasteiger partial charge is 0.256 e. The lowest BCUT2D eigenvalue weighted by Crippen LogP contribution is -2.30. The van der Waals surface area contributed by atoms with E-state index in [-0.39, 0.29) is 18.2 Å². The van der Waals surface area contributed by atoms with Gasteiger partial charge in [-0.2, -0.15) is 0 Å². The van der Waals surface area contributed by atoms with Crippen molar-refractivity contribution in [1.82, 2.24) is 4.98 Å². The minimum Gasteiger partial charge on any atom is -0.322 e. The van der Waals surface area contributed by atoms with Crippen molar-refractivity contribution in [3.8, 4) is 11.1 Å². The van der Waals surface area contributed by atoms with Crippen LogP contribution in [0.15, 0.2) is 85.1 Å². The molecule has 0 radical (unpaired) electrons. The number of aromatic nitrogens is 1. The van der Waals surface area contributed by atoms with Crippen molar-refractivity contribution in [3.63, 3.8) is 0 Å². The van der Waals surface area contributed by atoms with Crippen molar-refractivity contribution in [3.05, 3.63) is 113 Å². The largest absolute Gasteiger partial charge is 0.322 e. The van der Waals surface area contributed by atoms with Crippen LogP contribution in [-0.2, 0) is 17.6 Å². The molecule has 5 heteroatoms. The molecule has 0 bridgehead atoms. The van der Waals surface area contributed by atoms with Gasteiger partial charge in [-0.25, -0.2) is 0 Å². The van der Waals surface area contributed by atoms with Gasteiger partial charge in [-0.1, -0.05) is 53.6 Å². The number of carbonyl (C=O) groups excluding carboxylic acids is 2. The van der Waals surface area contributed by atoms with E-state index in [0.29, 0.717) is 12.1 Å². The number of hydrogen-bond donors (Lipinski definition) is 1. The Balaban J connectivity index is 1.35. The van der Waals surface area contributed by atoms with Crippen LogP contribution < -0.4 is 10.2 Å². The number of amides is 2. The number of rotatable bonds is 5. The summed E-state index contributed by atoms with van der Waals surface area (Å²) in [7, 11) is 0. The van der Waals surface area contributed by atoms with Crippen LogP contribution in [0.25, 0.3) is 11.1 Å². The van der Waals surface area contributed by atoms with E-state index in [0.717, 1.165) is 45.7 Å². The van der Waals surface area contributed by atoms with E-state index in [9.17, 15) is 9.59 Å². The molecule has 1 aliphatic rings. The second kappa shape index (κ2) is 9.55. The Hall–Kier alpha value is -4.25. The summed E-state index contributed by atoms with van der Waals surface area (Å²) in [6.07, 6.45) is 2.73. The second-order valence-electron chi connectivity index (χ2n) is 9.01. The van der Waals surface area contributed by atoms with Gasteiger partial charge in [0.25, 0.3) is 5.91 Å². The number of hydrogen-bond acceptors (Lipinski definition) is 3. The minimum atomic E-state index is -0.148. The van der Waals surface area contributed by atoms with Gasteiger partial charge in [-0.3, -0.25) is 14.6 Å². The first-order chi connectivity index (χ1) is 17.0. The minimum absolute atomic E-state index is 0.0294. The maximum absolute atomic E-state index is 13.3. The first-order valence-electron chi connectivity index (χ1n) is 11.8. The Morgan fingerprint density at radius 3 is 2.49 bits per heavy atom. The van der Waals surface area contributed by atoms with Crippen LogP contribution in [0.4, 0.5) is 11.4 Å². The summed E-state index contributed by atoms with van der Waals surface area (Å²) in [5.41, 5.74) is 8.21. The maximum Gasteiger partial charge on any atom is 0.256 e. The van der Waals surface area contributed by atoms with Crippen molar-refractivity contribution in [1.29, 1.82) is 0 Å². The van der Waals surface area contributed by atoms with Crippen LogP contribution in [0.5, 0.6) is 0 Å². The Morgan fingerprint density at radius 1 is 0.914 bits per heavy atom. The number of aryl methyl sites for hydroxylation is 2. The van der Waals surface area contributed by atoms with E-state index < -0.39 is 0 Å². The molecular formula is C30H27N3O2. The summed E-state index contributed by atoms with van der Waals surface area (Å²) >= 11 is 0. The van der Waals surface area contributed by atoms with Crippen molar-refractivity contribution >= 4 is 23.2 Å².